The monoisotopic (exact) mass is 1000 g/mol. The topological polar surface area (TPSA) is 303 Å². The average molecular weight is 1000 g/mol. The lowest BCUT2D eigenvalue weighted by molar-refractivity contribution is -0.213. The van der Waals surface area contributed by atoms with Crippen LogP contribution in [0.15, 0.2) is 0 Å². The van der Waals surface area contributed by atoms with E-state index in [-0.39, 0.29) is 38.5 Å². The van der Waals surface area contributed by atoms with Gasteiger partial charge in [0.2, 0.25) is 0 Å². The van der Waals surface area contributed by atoms with Crippen LogP contribution in [-0.4, -0.2) is 108 Å². The summed E-state index contributed by atoms with van der Waals surface area (Å²) in [7, 11) is -16.7. The van der Waals surface area contributed by atoms with Crippen LogP contribution in [0, 0.1) is 82.9 Å². The molecule has 0 aromatic carbocycles. The fraction of sp³-hybridized carbons (Fsp3) is 0.610. The van der Waals surface area contributed by atoms with E-state index < -0.39 is 91.3 Å². The molecule has 380 valence electrons. The summed E-state index contributed by atoms with van der Waals surface area (Å²) in [5.74, 6) is 31.2. The van der Waals surface area contributed by atoms with Crippen LogP contribution in [-0.2, 0) is 50.9 Å². The number of ether oxygens (including phenoxy) is 2. The van der Waals surface area contributed by atoms with Crippen LogP contribution in [0.25, 0.3) is 0 Å². The van der Waals surface area contributed by atoms with Crippen molar-refractivity contribution in [3.8, 4) is 82.9 Å². The Morgan fingerprint density at radius 1 is 0.562 bits per heavy atom. The summed E-state index contributed by atoms with van der Waals surface area (Å²) >= 11 is 0. The van der Waals surface area contributed by atoms with E-state index in [2.05, 4.69) is 92.9 Å². The van der Waals surface area contributed by atoms with Gasteiger partial charge in [-0.1, -0.05) is 89.9 Å². The molecule has 0 heterocycles. The molecule has 0 aromatic heterocycles. The molecule has 0 bridgehead atoms. The smallest absolute Gasteiger partial charge is 0.456 e. The minimum atomic E-state index is -5.63. The number of carbonyl (C=O) groups is 2. The lowest BCUT2D eigenvalue weighted by Gasteiger charge is -2.44. The number of rotatable bonds is 26. The highest BCUT2D eigenvalue weighted by Gasteiger charge is 2.56. The zero-order valence-corrected chi connectivity index (χ0v) is 38.9. The molecule has 1 rings (SSSR count). The Labute approximate surface area is 400 Å². The lowest BCUT2D eigenvalue weighted by atomic mass is 9.85. The number of esters is 2. The lowest BCUT2D eigenvalue weighted by Crippen LogP contribution is -2.65. The van der Waals surface area contributed by atoms with E-state index in [1.807, 2.05) is 5.92 Å². The Hall–Kier alpha value is -3.58. The SMILES string of the molecule is CC#CC#CC#CC#CC#CC#CC#CC(=O)OC[C@H](COP(=O)(O)OC1C(O)[C@H](OP(=O)(O)O)[C@H](OP(=O)(O)O)C(O)[C@@H]1O)OC(=O)CCCCCCCCCCCCCCC.S.[HH].[HH].[HH].[HH].[HH].[HH].[HH].[HH].[HH].[HH].[HH].[HH].[HH]. The number of phosphoric acid groups is 3. The van der Waals surface area contributed by atoms with Crippen molar-refractivity contribution in [3.63, 3.8) is 0 Å². The molecule has 64 heavy (non-hydrogen) atoms. The van der Waals surface area contributed by atoms with Crippen LogP contribution in [0.5, 0.6) is 0 Å². The molecular weight excluding hydrogens is 921 g/mol. The molecule has 0 spiro atoms. The van der Waals surface area contributed by atoms with Gasteiger partial charge in [0.25, 0.3) is 0 Å². The minimum Gasteiger partial charge on any atom is -0.456 e. The van der Waals surface area contributed by atoms with Gasteiger partial charge in [-0.15, -0.1) is 0 Å². The van der Waals surface area contributed by atoms with Crippen molar-refractivity contribution in [2.75, 3.05) is 13.2 Å². The highest BCUT2D eigenvalue weighted by atomic mass is 32.1. The van der Waals surface area contributed by atoms with Crippen molar-refractivity contribution in [1.82, 2.24) is 0 Å². The van der Waals surface area contributed by atoms with Gasteiger partial charge in [0.1, 0.15) is 43.2 Å². The van der Waals surface area contributed by atoms with Gasteiger partial charge in [-0.05, 0) is 84.4 Å². The number of unbranched alkanes of at least 4 members (excludes halogenated alkanes) is 12. The van der Waals surface area contributed by atoms with Gasteiger partial charge < -0.3 is 49.3 Å². The number of phosphoric ester groups is 3. The third-order valence-electron chi connectivity index (χ3n) is 8.38. The van der Waals surface area contributed by atoms with Gasteiger partial charge >= 0.3 is 35.4 Å². The largest absolute Gasteiger partial charge is 0.472 e. The first-order valence-electron chi connectivity index (χ1n) is 19.8. The van der Waals surface area contributed by atoms with Crippen molar-refractivity contribution in [3.05, 3.63) is 0 Å². The van der Waals surface area contributed by atoms with Crippen molar-refractivity contribution >= 4 is 48.9 Å². The van der Waals surface area contributed by atoms with Crippen molar-refractivity contribution < 1.29 is 109 Å². The number of hydrogen-bond donors (Lipinski definition) is 8. The standard InChI is InChI=1S/C41H53O19P3.H2S.13H2/c1-3-5-7-9-11-13-15-17-19-21-23-25-27-29-34(42)55-31-33(57-35(43)30-28-26-24-22-20-18-16-14-12-10-8-6-4-2)32-56-63(53,54)60-39-36(44)37(45)40(58-61(47,48)49)41(38(39)46)59-62(50,51)52;;;;;;;;;;;;;;/h33,36-41,44-46H,4,6,8,10,12,14,16,18,20,22,24,26,28,30-32H2,1-2H3,(H,53,54)(H2,47,48,49)(H2,50,51,52);1H2;13*1H/t33-,36+,37?,38?,39?,40-,41+;;;;;;;;;;;;;;/m1............../s1. The van der Waals surface area contributed by atoms with Gasteiger partial charge in [0.05, 0.1) is 6.61 Å². The Bertz CT molecular complexity index is 2130. The predicted molar refractivity (Wildman–Crippen MR) is 262 cm³/mol. The van der Waals surface area contributed by atoms with Gasteiger partial charge in [0.15, 0.2) is 6.10 Å². The third-order valence-corrected chi connectivity index (χ3v) is 10.4. The average Bonchev–Trinajstić information content (AvgIpc) is 3.20. The Kier molecular flexibility index (Phi) is 31.9. The van der Waals surface area contributed by atoms with Crippen LogP contribution < -0.4 is 0 Å². The van der Waals surface area contributed by atoms with Crippen molar-refractivity contribution in [2.24, 2.45) is 0 Å². The van der Waals surface area contributed by atoms with Gasteiger partial charge in [-0.2, -0.15) is 13.5 Å². The molecule has 0 saturated heterocycles. The molecule has 0 aliphatic heterocycles. The first-order chi connectivity index (χ1) is 29.8. The first-order valence-corrected chi connectivity index (χ1v) is 24.3. The minimum absolute atomic E-state index is 0. The number of hydrogen-bond acceptors (Lipinski definition) is 14. The summed E-state index contributed by atoms with van der Waals surface area (Å²) in [5.41, 5.74) is 0. The maximum atomic E-state index is 13.0. The fourth-order valence-corrected chi connectivity index (χ4v) is 7.62. The molecule has 1 saturated carbocycles. The summed E-state index contributed by atoms with van der Waals surface area (Å²) in [6.07, 6.45) is -3.06. The van der Waals surface area contributed by atoms with Crippen LogP contribution in [0.4, 0.5) is 0 Å². The molecule has 1 aliphatic rings. The van der Waals surface area contributed by atoms with E-state index in [9.17, 15) is 63.1 Å². The third kappa shape index (κ3) is 29.8. The van der Waals surface area contributed by atoms with E-state index >= 15 is 0 Å². The van der Waals surface area contributed by atoms with E-state index in [0.29, 0.717) is 12.8 Å². The second-order valence-corrected chi connectivity index (χ2v) is 17.3. The molecule has 0 aromatic rings. The zero-order valence-electron chi connectivity index (χ0n) is 35.3. The van der Waals surface area contributed by atoms with Crippen LogP contribution >= 0.6 is 37.0 Å². The molecule has 19 nitrogen and oxygen atoms in total. The Morgan fingerprint density at radius 2 is 0.969 bits per heavy atom. The number of aliphatic hydroxyl groups is 3. The molecule has 8 N–H and O–H groups in total. The maximum Gasteiger partial charge on any atom is 0.472 e. The summed E-state index contributed by atoms with van der Waals surface area (Å²) < 4.78 is 64.5. The van der Waals surface area contributed by atoms with E-state index in [1.165, 1.54) is 44.9 Å². The highest BCUT2D eigenvalue weighted by Crippen LogP contribution is 2.51. The second-order valence-electron chi connectivity index (χ2n) is 13.5. The van der Waals surface area contributed by atoms with Crippen LogP contribution in [0.1, 0.15) is 122 Å². The van der Waals surface area contributed by atoms with Gasteiger partial charge in [-0.25, -0.2) is 18.5 Å². The van der Waals surface area contributed by atoms with Crippen LogP contribution in [0.2, 0.25) is 0 Å². The predicted octanol–water partition coefficient (Wildman–Crippen LogP) is 5.83. The summed E-state index contributed by atoms with van der Waals surface area (Å²) in [5, 5.41) is 31.7. The van der Waals surface area contributed by atoms with E-state index in [4.69, 9.17) is 18.5 Å². The molecule has 1 fully saturated rings. The summed E-state index contributed by atoms with van der Waals surface area (Å²) in [6.45, 7) is 1.99. The quantitative estimate of drug-likeness (QED) is 0.0166. The number of carbonyl (C=O) groups excluding carboxylic acids is 2. The molecule has 23 heteroatoms. The van der Waals surface area contributed by atoms with Crippen LogP contribution in [0.3, 0.4) is 0 Å². The maximum absolute atomic E-state index is 13.0. The summed E-state index contributed by atoms with van der Waals surface area (Å²) in [6, 6.07) is 0. The zero-order chi connectivity index (χ0) is 47.2. The van der Waals surface area contributed by atoms with Crippen molar-refractivity contribution in [2.45, 2.75) is 146 Å². The van der Waals surface area contributed by atoms with E-state index in [0.717, 1.165) is 25.7 Å². The Morgan fingerprint density at radius 3 is 1.42 bits per heavy atom. The summed E-state index contributed by atoms with van der Waals surface area (Å²) in [4.78, 5) is 72.4. The van der Waals surface area contributed by atoms with Crippen molar-refractivity contribution in [1.29, 1.82) is 0 Å². The van der Waals surface area contributed by atoms with Gasteiger partial charge in [0, 0.05) is 30.9 Å². The molecule has 0 radical (unpaired) electrons. The molecule has 0 amide bonds. The molecule has 8 atom stereocenters. The molecular formula is C41H81O19P3S. The normalized spacial score (nSPS) is 20.0. The number of aliphatic hydroxyl groups excluding tert-OH is 3. The fourth-order valence-electron chi connectivity index (χ4n) is 5.52. The molecule has 1 aliphatic carbocycles. The molecule has 4 unspecified atom stereocenters. The highest BCUT2D eigenvalue weighted by molar-refractivity contribution is 7.59. The second kappa shape index (κ2) is 33.8. The Balaban J connectivity index is -0.000000236. The van der Waals surface area contributed by atoms with E-state index in [1.54, 1.807) is 6.92 Å². The first kappa shape index (κ1) is 60.4. The van der Waals surface area contributed by atoms with Gasteiger partial charge in [-0.3, -0.25) is 22.9 Å².